The molecule has 0 aliphatic rings. The summed E-state index contributed by atoms with van der Waals surface area (Å²) in [6.07, 6.45) is 0. The van der Waals surface area contributed by atoms with Gasteiger partial charge < -0.3 is 0 Å². The molecule has 0 aliphatic carbocycles. The molecular weight excluding hydrogens is 102 g/mol. The average molecular weight is 115 g/mol. The van der Waals surface area contributed by atoms with Crippen molar-refractivity contribution >= 4 is 0 Å². The second-order valence-corrected chi connectivity index (χ2v) is 2.84. The van der Waals surface area contributed by atoms with Crippen molar-refractivity contribution in [3.63, 3.8) is 0 Å². The van der Waals surface area contributed by atoms with E-state index >= 15 is 0 Å². The van der Waals surface area contributed by atoms with E-state index in [0.717, 1.165) is 0 Å². The van der Waals surface area contributed by atoms with Crippen LogP contribution in [0.1, 0.15) is 20.8 Å². The highest BCUT2D eigenvalue weighted by atomic mass is 16.5. The predicted octanol–water partition coefficient (Wildman–Crippen LogP) is 1.52. The summed E-state index contributed by atoms with van der Waals surface area (Å²) in [6.45, 7) is 9.50. The van der Waals surface area contributed by atoms with Gasteiger partial charge in [-0.1, -0.05) is 27.4 Å². The van der Waals surface area contributed by atoms with Gasteiger partial charge in [-0.25, -0.2) is 0 Å². The normalized spacial score (nSPS) is 11.0. The van der Waals surface area contributed by atoms with Crippen molar-refractivity contribution in [1.29, 1.82) is 0 Å². The lowest BCUT2D eigenvalue weighted by Gasteiger charge is -2.19. The zero-order valence-electron chi connectivity index (χ0n) is 5.65. The summed E-state index contributed by atoms with van der Waals surface area (Å²) in [5.41, 5.74) is 2.60. The van der Waals surface area contributed by atoms with Gasteiger partial charge in [-0.15, -0.1) is 0 Å². The van der Waals surface area contributed by atoms with Gasteiger partial charge in [0, 0.05) is 11.1 Å². The van der Waals surface area contributed by atoms with Gasteiger partial charge in [0.05, 0.1) is 0 Å². The second kappa shape index (κ2) is 2.18. The van der Waals surface area contributed by atoms with E-state index in [4.69, 9.17) is 5.21 Å². The van der Waals surface area contributed by atoms with Crippen LogP contribution in [0.2, 0.25) is 0 Å². The van der Waals surface area contributed by atoms with E-state index in [1.165, 1.54) is 0 Å². The van der Waals surface area contributed by atoms with Crippen molar-refractivity contribution in [2.24, 2.45) is 5.41 Å². The summed E-state index contributed by atoms with van der Waals surface area (Å²) in [5, 5.41) is 8.32. The zero-order valence-corrected chi connectivity index (χ0v) is 5.65. The maximum atomic E-state index is 8.32. The average Bonchev–Trinajstić information content (AvgIpc) is 1.62. The molecule has 0 unspecified atom stereocenters. The summed E-state index contributed by atoms with van der Waals surface area (Å²) >= 11 is 0. The Hall–Kier alpha value is -0.500. The molecule has 0 saturated carbocycles. The van der Waals surface area contributed by atoms with E-state index in [-0.39, 0.29) is 5.41 Å². The van der Waals surface area contributed by atoms with E-state index in [1.807, 2.05) is 26.3 Å². The molecule has 8 heavy (non-hydrogen) atoms. The first-order valence-corrected chi connectivity index (χ1v) is 2.58. The van der Waals surface area contributed by atoms with Gasteiger partial charge >= 0.3 is 0 Å². The molecule has 48 valence electrons. The molecule has 0 saturated heterocycles. The van der Waals surface area contributed by atoms with Crippen LogP contribution in [-0.4, -0.2) is 5.21 Å². The lowest BCUT2D eigenvalue weighted by Crippen LogP contribution is -2.19. The molecule has 0 atom stereocenters. The molecular formula is C6H13NO. The molecule has 0 radical (unpaired) electrons. The third-order valence-electron chi connectivity index (χ3n) is 1.04. The van der Waals surface area contributed by atoms with Crippen LogP contribution in [-0.2, 0) is 0 Å². The smallest absolute Gasteiger partial charge is 0.0358 e. The highest BCUT2D eigenvalue weighted by Crippen LogP contribution is 2.19. The molecule has 0 bridgehead atoms. The summed E-state index contributed by atoms with van der Waals surface area (Å²) in [5.74, 6) is 0. The Morgan fingerprint density at radius 1 is 1.50 bits per heavy atom. The molecule has 0 aromatic heterocycles. The molecule has 0 spiro atoms. The van der Waals surface area contributed by atoms with E-state index < -0.39 is 0 Å². The number of allylic oxidation sites excluding steroid dienone is 1. The minimum Gasteiger partial charge on any atom is -0.291 e. The summed E-state index contributed by atoms with van der Waals surface area (Å²) < 4.78 is 0. The molecule has 0 fully saturated rings. The summed E-state index contributed by atoms with van der Waals surface area (Å²) in [6, 6.07) is 0. The molecule has 0 aromatic carbocycles. The van der Waals surface area contributed by atoms with E-state index in [1.54, 1.807) is 0 Å². The van der Waals surface area contributed by atoms with Crippen LogP contribution >= 0.6 is 0 Å². The van der Waals surface area contributed by atoms with E-state index in [0.29, 0.717) is 5.70 Å². The third-order valence-corrected chi connectivity index (χ3v) is 1.04. The number of hydroxylamine groups is 1. The quantitative estimate of drug-likeness (QED) is 0.508. The topological polar surface area (TPSA) is 32.3 Å². The fourth-order valence-corrected chi connectivity index (χ4v) is 0.168. The molecule has 0 aliphatic heterocycles. The van der Waals surface area contributed by atoms with Crippen molar-refractivity contribution in [3.8, 4) is 0 Å². The second-order valence-electron chi connectivity index (χ2n) is 2.84. The fraction of sp³-hybridized carbons (Fsp3) is 0.667. The Kier molecular flexibility index (Phi) is 2.04. The Labute approximate surface area is 50.2 Å². The van der Waals surface area contributed by atoms with Gasteiger partial charge in [-0.05, 0) is 0 Å². The Balaban J connectivity index is 3.82. The minimum atomic E-state index is -0.0469. The standard InChI is InChI=1S/C6H13NO/c1-5(7-8)6(2,3)4/h7-8H,1H2,2-4H3. The Bertz CT molecular complexity index is 91.2. The highest BCUT2D eigenvalue weighted by Gasteiger charge is 2.12. The van der Waals surface area contributed by atoms with Crippen LogP contribution < -0.4 is 5.48 Å². The summed E-state index contributed by atoms with van der Waals surface area (Å²) in [7, 11) is 0. The van der Waals surface area contributed by atoms with Crippen LogP contribution in [0.25, 0.3) is 0 Å². The largest absolute Gasteiger partial charge is 0.291 e. The monoisotopic (exact) mass is 115 g/mol. The molecule has 2 heteroatoms. The van der Waals surface area contributed by atoms with Crippen molar-refractivity contribution in [2.45, 2.75) is 20.8 Å². The first-order chi connectivity index (χ1) is 3.48. The van der Waals surface area contributed by atoms with Gasteiger partial charge in [0.2, 0.25) is 0 Å². The first-order valence-electron chi connectivity index (χ1n) is 2.58. The highest BCUT2D eigenvalue weighted by molar-refractivity contribution is 4.99. The van der Waals surface area contributed by atoms with Crippen LogP contribution in [0.5, 0.6) is 0 Å². The van der Waals surface area contributed by atoms with Crippen LogP contribution in [0.4, 0.5) is 0 Å². The van der Waals surface area contributed by atoms with Crippen molar-refractivity contribution in [2.75, 3.05) is 0 Å². The van der Waals surface area contributed by atoms with Crippen LogP contribution in [0.3, 0.4) is 0 Å². The maximum Gasteiger partial charge on any atom is 0.0358 e. The third kappa shape index (κ3) is 1.98. The van der Waals surface area contributed by atoms with Gasteiger partial charge in [-0.2, -0.15) is 0 Å². The Morgan fingerprint density at radius 3 is 1.88 bits per heavy atom. The van der Waals surface area contributed by atoms with E-state index in [9.17, 15) is 0 Å². The Morgan fingerprint density at radius 2 is 1.88 bits per heavy atom. The fourth-order valence-electron chi connectivity index (χ4n) is 0.168. The van der Waals surface area contributed by atoms with Gasteiger partial charge in [0.25, 0.3) is 0 Å². The first kappa shape index (κ1) is 7.50. The zero-order chi connectivity index (χ0) is 6.78. The van der Waals surface area contributed by atoms with Crippen molar-refractivity contribution in [1.82, 2.24) is 5.48 Å². The van der Waals surface area contributed by atoms with Crippen molar-refractivity contribution < 1.29 is 5.21 Å². The minimum absolute atomic E-state index is 0.0469. The number of nitrogens with one attached hydrogen (secondary N) is 1. The number of hydrogen-bond donors (Lipinski definition) is 2. The van der Waals surface area contributed by atoms with Gasteiger partial charge in [0.1, 0.15) is 0 Å². The molecule has 0 amide bonds. The lowest BCUT2D eigenvalue weighted by atomic mass is 9.94. The van der Waals surface area contributed by atoms with Gasteiger partial charge in [-0.3, -0.25) is 10.7 Å². The number of rotatable bonds is 1. The molecule has 0 rings (SSSR count). The number of hydrogen-bond acceptors (Lipinski definition) is 2. The lowest BCUT2D eigenvalue weighted by molar-refractivity contribution is 0.174. The maximum absolute atomic E-state index is 8.32. The molecule has 2 nitrogen and oxygen atoms in total. The molecule has 0 heterocycles. The van der Waals surface area contributed by atoms with Crippen molar-refractivity contribution in [3.05, 3.63) is 12.3 Å². The SMILES string of the molecule is C=C(NO)C(C)(C)C. The molecule has 2 N–H and O–H groups in total. The van der Waals surface area contributed by atoms with Gasteiger partial charge in [0.15, 0.2) is 0 Å². The molecule has 0 aromatic rings. The van der Waals surface area contributed by atoms with Crippen LogP contribution in [0, 0.1) is 5.41 Å². The predicted molar refractivity (Wildman–Crippen MR) is 33.5 cm³/mol. The van der Waals surface area contributed by atoms with E-state index in [2.05, 4.69) is 6.58 Å². The summed E-state index contributed by atoms with van der Waals surface area (Å²) in [4.78, 5) is 0. The van der Waals surface area contributed by atoms with Crippen LogP contribution in [0.15, 0.2) is 12.3 Å².